The fraction of sp³-hybridized carbons (Fsp3) is 0.333. The first kappa shape index (κ1) is 19.8. The van der Waals surface area contributed by atoms with Gasteiger partial charge < -0.3 is 15.0 Å². The lowest BCUT2D eigenvalue weighted by atomic mass is 10.1. The number of piperazine rings is 1. The Morgan fingerprint density at radius 3 is 2.25 bits per heavy atom. The third-order valence-electron chi connectivity index (χ3n) is 4.85. The largest absolute Gasteiger partial charge is 0.465 e. The molecular weight excluding hydrogens is 361 g/mol. The molecule has 3 rings (SSSR count). The summed E-state index contributed by atoms with van der Waals surface area (Å²) in [6.45, 7) is 3.78. The molecule has 1 N–H and O–H groups in total. The molecule has 7 heteroatoms. The van der Waals surface area contributed by atoms with E-state index in [-0.39, 0.29) is 11.8 Å². The number of benzene rings is 2. The topological polar surface area (TPSA) is 61.9 Å². The molecular formula is C21H24FN3O3. The number of amides is 2. The van der Waals surface area contributed by atoms with E-state index < -0.39 is 5.97 Å². The van der Waals surface area contributed by atoms with E-state index in [2.05, 4.69) is 15.0 Å². The molecule has 1 fully saturated rings. The molecule has 1 heterocycles. The number of urea groups is 1. The highest BCUT2D eigenvalue weighted by Crippen LogP contribution is 2.13. The molecule has 0 radical (unpaired) electrons. The summed E-state index contributed by atoms with van der Waals surface area (Å²) in [6.07, 6.45) is 0.860. The van der Waals surface area contributed by atoms with Crippen LogP contribution < -0.4 is 5.32 Å². The lowest BCUT2D eigenvalue weighted by molar-refractivity contribution is 0.0600. The zero-order valence-electron chi connectivity index (χ0n) is 15.9. The Labute approximate surface area is 163 Å². The summed E-state index contributed by atoms with van der Waals surface area (Å²) in [4.78, 5) is 28.0. The number of hydrogen-bond acceptors (Lipinski definition) is 4. The van der Waals surface area contributed by atoms with Crippen LogP contribution in [-0.2, 0) is 11.2 Å². The molecule has 0 aliphatic carbocycles. The van der Waals surface area contributed by atoms with Crippen molar-refractivity contribution < 1.29 is 18.7 Å². The number of ether oxygens (including phenoxy) is 1. The molecule has 1 aliphatic rings. The summed E-state index contributed by atoms with van der Waals surface area (Å²) in [6, 6.07) is 13.0. The Bertz CT molecular complexity index is 801. The van der Waals surface area contributed by atoms with Crippen molar-refractivity contribution in [2.45, 2.75) is 6.42 Å². The van der Waals surface area contributed by atoms with Crippen molar-refractivity contribution in [2.75, 3.05) is 45.2 Å². The van der Waals surface area contributed by atoms with Gasteiger partial charge >= 0.3 is 12.0 Å². The SMILES string of the molecule is COC(=O)c1ccc(NC(=O)N2CCN(CCc3ccc(F)cc3)CC2)cc1. The van der Waals surface area contributed by atoms with E-state index in [0.29, 0.717) is 24.3 Å². The number of hydrogen-bond donors (Lipinski definition) is 1. The van der Waals surface area contributed by atoms with Gasteiger partial charge in [-0.05, 0) is 48.4 Å². The van der Waals surface area contributed by atoms with Crippen LogP contribution in [0.25, 0.3) is 0 Å². The predicted octanol–water partition coefficient (Wildman–Crippen LogP) is 3.00. The number of anilines is 1. The second-order valence-corrected chi connectivity index (χ2v) is 6.70. The number of carbonyl (C=O) groups is 2. The number of halogens is 1. The summed E-state index contributed by atoms with van der Waals surface area (Å²) in [7, 11) is 1.33. The summed E-state index contributed by atoms with van der Waals surface area (Å²) in [5.74, 6) is -0.627. The number of methoxy groups -OCH3 is 1. The van der Waals surface area contributed by atoms with Gasteiger partial charge in [0.25, 0.3) is 0 Å². The molecule has 1 aliphatic heterocycles. The van der Waals surface area contributed by atoms with Crippen LogP contribution in [-0.4, -0.2) is 61.6 Å². The third kappa shape index (κ3) is 5.29. The van der Waals surface area contributed by atoms with Crippen molar-refractivity contribution in [3.63, 3.8) is 0 Å². The molecule has 28 heavy (non-hydrogen) atoms. The monoisotopic (exact) mass is 385 g/mol. The van der Waals surface area contributed by atoms with Gasteiger partial charge in [0.15, 0.2) is 0 Å². The van der Waals surface area contributed by atoms with Crippen LogP contribution in [0.15, 0.2) is 48.5 Å². The van der Waals surface area contributed by atoms with E-state index in [4.69, 9.17) is 0 Å². The zero-order valence-corrected chi connectivity index (χ0v) is 15.9. The molecule has 0 aromatic heterocycles. The molecule has 2 amide bonds. The molecule has 1 saturated heterocycles. The summed E-state index contributed by atoms with van der Waals surface area (Å²) in [5, 5.41) is 2.85. The van der Waals surface area contributed by atoms with Gasteiger partial charge in [-0.1, -0.05) is 12.1 Å². The molecule has 6 nitrogen and oxygen atoms in total. The van der Waals surface area contributed by atoms with Crippen LogP contribution >= 0.6 is 0 Å². The first-order valence-corrected chi connectivity index (χ1v) is 9.26. The number of nitrogens with zero attached hydrogens (tertiary/aromatic N) is 2. The van der Waals surface area contributed by atoms with Gasteiger partial charge in [0, 0.05) is 38.4 Å². The van der Waals surface area contributed by atoms with Crippen LogP contribution in [0.4, 0.5) is 14.9 Å². The normalized spacial score (nSPS) is 14.6. The van der Waals surface area contributed by atoms with Gasteiger partial charge in [0.2, 0.25) is 0 Å². The highest BCUT2D eigenvalue weighted by atomic mass is 19.1. The van der Waals surface area contributed by atoms with Gasteiger partial charge in [0.05, 0.1) is 12.7 Å². The van der Waals surface area contributed by atoms with Gasteiger partial charge in [0.1, 0.15) is 5.82 Å². The number of rotatable bonds is 5. The van der Waals surface area contributed by atoms with Crippen molar-refractivity contribution in [1.82, 2.24) is 9.80 Å². The molecule has 148 valence electrons. The maximum absolute atomic E-state index is 13.0. The Balaban J connectivity index is 1.43. The zero-order chi connectivity index (χ0) is 19.9. The Morgan fingerprint density at radius 1 is 1.00 bits per heavy atom. The van der Waals surface area contributed by atoms with E-state index in [0.717, 1.165) is 31.6 Å². The van der Waals surface area contributed by atoms with Gasteiger partial charge in [-0.25, -0.2) is 14.0 Å². The van der Waals surface area contributed by atoms with Crippen molar-refractivity contribution in [1.29, 1.82) is 0 Å². The molecule has 2 aromatic carbocycles. The Morgan fingerprint density at radius 2 is 1.64 bits per heavy atom. The van der Waals surface area contributed by atoms with E-state index >= 15 is 0 Å². The molecule has 0 saturated carbocycles. The van der Waals surface area contributed by atoms with Crippen molar-refractivity contribution >= 4 is 17.7 Å². The lowest BCUT2D eigenvalue weighted by Gasteiger charge is -2.34. The van der Waals surface area contributed by atoms with Crippen LogP contribution in [0.1, 0.15) is 15.9 Å². The summed E-state index contributed by atoms with van der Waals surface area (Å²) >= 11 is 0. The molecule has 0 spiro atoms. The van der Waals surface area contributed by atoms with Crippen LogP contribution in [0.2, 0.25) is 0 Å². The van der Waals surface area contributed by atoms with E-state index in [9.17, 15) is 14.0 Å². The second-order valence-electron chi connectivity index (χ2n) is 6.70. The predicted molar refractivity (Wildman–Crippen MR) is 105 cm³/mol. The second kappa shape index (κ2) is 9.32. The summed E-state index contributed by atoms with van der Waals surface area (Å²) < 4.78 is 17.6. The van der Waals surface area contributed by atoms with Gasteiger partial charge in [-0.2, -0.15) is 0 Å². The number of esters is 1. The average Bonchev–Trinajstić information content (AvgIpc) is 2.73. The maximum atomic E-state index is 13.0. The van der Waals surface area contributed by atoms with Crippen LogP contribution in [0.3, 0.4) is 0 Å². The lowest BCUT2D eigenvalue weighted by Crippen LogP contribution is -2.50. The average molecular weight is 385 g/mol. The molecule has 0 atom stereocenters. The Kier molecular flexibility index (Phi) is 6.60. The quantitative estimate of drug-likeness (QED) is 0.804. The number of nitrogens with one attached hydrogen (secondary N) is 1. The van der Waals surface area contributed by atoms with Crippen LogP contribution in [0, 0.1) is 5.82 Å². The molecule has 0 unspecified atom stereocenters. The highest BCUT2D eigenvalue weighted by Gasteiger charge is 2.21. The first-order chi connectivity index (χ1) is 13.5. The van der Waals surface area contributed by atoms with E-state index in [1.165, 1.54) is 19.2 Å². The fourth-order valence-corrected chi connectivity index (χ4v) is 3.12. The highest BCUT2D eigenvalue weighted by molar-refractivity contribution is 5.92. The standard InChI is InChI=1S/C21H24FN3O3/c1-28-20(26)17-4-8-19(9-5-17)23-21(27)25-14-12-24(13-15-25)11-10-16-2-6-18(22)7-3-16/h2-9H,10-15H2,1H3,(H,23,27). The molecule has 0 bridgehead atoms. The van der Waals surface area contributed by atoms with E-state index in [1.54, 1.807) is 29.2 Å². The van der Waals surface area contributed by atoms with Gasteiger partial charge in [-0.3, -0.25) is 4.90 Å². The van der Waals surface area contributed by atoms with Crippen molar-refractivity contribution in [3.8, 4) is 0 Å². The number of carbonyl (C=O) groups excluding carboxylic acids is 2. The van der Waals surface area contributed by atoms with Gasteiger partial charge in [-0.15, -0.1) is 0 Å². The van der Waals surface area contributed by atoms with Crippen molar-refractivity contribution in [2.24, 2.45) is 0 Å². The minimum absolute atomic E-state index is 0.149. The smallest absolute Gasteiger partial charge is 0.337 e. The minimum Gasteiger partial charge on any atom is -0.465 e. The fourth-order valence-electron chi connectivity index (χ4n) is 3.12. The molecule has 2 aromatic rings. The summed E-state index contributed by atoms with van der Waals surface area (Å²) in [5.41, 5.74) is 2.18. The minimum atomic E-state index is -0.408. The van der Waals surface area contributed by atoms with E-state index in [1.807, 2.05) is 12.1 Å². The first-order valence-electron chi connectivity index (χ1n) is 9.26. The Hall–Kier alpha value is -2.93. The maximum Gasteiger partial charge on any atom is 0.337 e. The van der Waals surface area contributed by atoms with Crippen LogP contribution in [0.5, 0.6) is 0 Å². The van der Waals surface area contributed by atoms with Crippen molar-refractivity contribution in [3.05, 3.63) is 65.5 Å². The third-order valence-corrected chi connectivity index (χ3v) is 4.85.